The summed E-state index contributed by atoms with van der Waals surface area (Å²) in [5.41, 5.74) is 2.47. The van der Waals surface area contributed by atoms with Crippen LogP contribution >= 0.6 is 0 Å². The molecule has 0 aromatic carbocycles. The van der Waals surface area contributed by atoms with Crippen LogP contribution in [0.25, 0.3) is 16.9 Å². The quantitative estimate of drug-likeness (QED) is 0.716. The van der Waals surface area contributed by atoms with Gasteiger partial charge in [0, 0.05) is 37.1 Å². The molecule has 1 amide bonds. The summed E-state index contributed by atoms with van der Waals surface area (Å²) in [5, 5.41) is 8.70. The lowest BCUT2D eigenvalue weighted by Gasteiger charge is -2.33. The highest BCUT2D eigenvalue weighted by Crippen LogP contribution is 2.28. The highest BCUT2D eigenvalue weighted by atomic mass is 16.6. The molecule has 3 aromatic heterocycles. The molecule has 0 spiro atoms. The first-order valence-electron chi connectivity index (χ1n) is 9.83. The van der Waals surface area contributed by atoms with Crippen LogP contribution in [-0.4, -0.2) is 54.1 Å². The van der Waals surface area contributed by atoms with Gasteiger partial charge in [-0.15, -0.1) is 5.10 Å². The predicted molar refractivity (Wildman–Crippen MR) is 108 cm³/mol. The molecule has 4 heterocycles. The zero-order chi connectivity index (χ0) is 20.8. The molecule has 1 aliphatic rings. The van der Waals surface area contributed by atoms with E-state index in [2.05, 4.69) is 15.3 Å². The zero-order valence-electron chi connectivity index (χ0n) is 17.2. The molecule has 0 atom stereocenters. The minimum Gasteiger partial charge on any atom is -0.444 e. The summed E-state index contributed by atoms with van der Waals surface area (Å²) in [6.07, 6.45) is 4.71. The molecule has 0 unspecified atom stereocenters. The van der Waals surface area contributed by atoms with Crippen molar-refractivity contribution in [3.63, 3.8) is 0 Å². The normalized spacial score (nSPS) is 15.8. The summed E-state index contributed by atoms with van der Waals surface area (Å²) in [7, 11) is 0. The monoisotopic (exact) mass is 398 g/mol. The fraction of sp³-hybridized carbons (Fsp3) is 0.500. The number of aromatic nitrogens is 5. The van der Waals surface area contributed by atoms with E-state index in [1.165, 1.54) is 0 Å². The molecule has 0 saturated carbocycles. The largest absolute Gasteiger partial charge is 0.444 e. The molecule has 3 aromatic rings. The molecule has 0 radical (unpaired) electrons. The molecular weight excluding hydrogens is 372 g/mol. The Balaban J connectivity index is 1.51. The van der Waals surface area contributed by atoms with E-state index in [0.29, 0.717) is 24.4 Å². The third-order valence-electron chi connectivity index (χ3n) is 5.19. The first-order chi connectivity index (χ1) is 13.7. The maximum atomic E-state index is 12.3. The Labute approximate surface area is 168 Å². The van der Waals surface area contributed by atoms with Gasteiger partial charge >= 0.3 is 6.09 Å². The Bertz CT molecular complexity index is 1100. The number of imidazole rings is 1. The highest BCUT2D eigenvalue weighted by Gasteiger charge is 2.29. The number of rotatable bonds is 2. The summed E-state index contributed by atoms with van der Waals surface area (Å²) in [5.74, 6) is 0. The molecule has 1 saturated heterocycles. The van der Waals surface area contributed by atoms with Crippen molar-refractivity contribution in [1.29, 1.82) is 0 Å². The molecule has 4 rings (SSSR count). The maximum absolute atomic E-state index is 12.3. The first-order valence-corrected chi connectivity index (χ1v) is 9.83. The number of carbonyl (C=O) groups excluding carboxylic acids is 1. The highest BCUT2D eigenvalue weighted by molar-refractivity contribution is 5.68. The Morgan fingerprint density at radius 2 is 1.97 bits per heavy atom. The molecular formula is C20H26N6O3. The van der Waals surface area contributed by atoms with Crippen LogP contribution in [0.5, 0.6) is 0 Å². The van der Waals surface area contributed by atoms with Crippen molar-refractivity contribution in [3.05, 3.63) is 40.6 Å². The van der Waals surface area contributed by atoms with Crippen LogP contribution in [0.15, 0.2) is 29.3 Å². The van der Waals surface area contributed by atoms with Gasteiger partial charge in [0.05, 0.1) is 11.7 Å². The van der Waals surface area contributed by atoms with Gasteiger partial charge in [0.2, 0.25) is 0 Å². The Kier molecular flexibility index (Phi) is 4.68. The summed E-state index contributed by atoms with van der Waals surface area (Å²) < 4.78 is 8.93. The molecule has 1 N–H and O–H groups in total. The van der Waals surface area contributed by atoms with Crippen LogP contribution in [0.3, 0.4) is 0 Å². The average Bonchev–Trinajstić information content (AvgIpc) is 3.27. The van der Waals surface area contributed by atoms with Gasteiger partial charge in [0.25, 0.3) is 5.56 Å². The number of piperidine rings is 1. The van der Waals surface area contributed by atoms with Gasteiger partial charge in [-0.3, -0.25) is 9.20 Å². The van der Waals surface area contributed by atoms with Gasteiger partial charge in [-0.2, -0.15) is 0 Å². The van der Waals surface area contributed by atoms with Crippen LogP contribution in [0.2, 0.25) is 0 Å². The fourth-order valence-electron chi connectivity index (χ4n) is 3.75. The van der Waals surface area contributed by atoms with E-state index >= 15 is 0 Å². The van der Waals surface area contributed by atoms with Gasteiger partial charge < -0.3 is 14.6 Å². The minimum atomic E-state index is -0.496. The SMILES string of the molecule is Cc1c(-c2cc(=O)n3cc[nH]c3c2)nnn1C1CCN(C(=O)OC(C)(C)C)CC1. The topological polar surface area (TPSA) is 97.5 Å². The summed E-state index contributed by atoms with van der Waals surface area (Å²) in [4.78, 5) is 29.4. The van der Waals surface area contributed by atoms with E-state index in [4.69, 9.17) is 4.74 Å². The zero-order valence-corrected chi connectivity index (χ0v) is 17.2. The standard InChI is InChI=1S/C20H26N6O3/c1-13-18(14-11-16-21-7-10-25(16)17(27)12-14)22-23-26(13)15-5-8-24(9-6-15)19(28)29-20(2,3)4/h7,10-12,15,21H,5-6,8-9H2,1-4H3. The number of aromatic amines is 1. The van der Waals surface area contributed by atoms with Gasteiger partial charge in [-0.05, 0) is 46.6 Å². The maximum Gasteiger partial charge on any atom is 0.410 e. The second-order valence-electron chi connectivity index (χ2n) is 8.46. The smallest absolute Gasteiger partial charge is 0.410 e. The third kappa shape index (κ3) is 3.76. The number of carbonyl (C=O) groups is 1. The van der Waals surface area contributed by atoms with Gasteiger partial charge in [-0.1, -0.05) is 5.21 Å². The van der Waals surface area contributed by atoms with Crippen molar-refractivity contribution < 1.29 is 9.53 Å². The predicted octanol–water partition coefficient (Wildman–Crippen LogP) is 2.77. The lowest BCUT2D eigenvalue weighted by molar-refractivity contribution is 0.0184. The molecule has 29 heavy (non-hydrogen) atoms. The van der Waals surface area contributed by atoms with Crippen LogP contribution in [0, 0.1) is 6.92 Å². The summed E-state index contributed by atoms with van der Waals surface area (Å²) in [6, 6.07) is 3.63. The summed E-state index contributed by atoms with van der Waals surface area (Å²) >= 11 is 0. The average molecular weight is 398 g/mol. The van der Waals surface area contributed by atoms with Crippen LogP contribution < -0.4 is 5.56 Å². The summed E-state index contributed by atoms with van der Waals surface area (Å²) in [6.45, 7) is 8.80. The van der Waals surface area contributed by atoms with Crippen molar-refractivity contribution in [2.24, 2.45) is 0 Å². The third-order valence-corrected chi connectivity index (χ3v) is 5.19. The number of nitrogens with zero attached hydrogens (tertiary/aromatic N) is 5. The molecule has 154 valence electrons. The van der Waals surface area contributed by atoms with Crippen molar-refractivity contribution in [2.75, 3.05) is 13.1 Å². The second kappa shape index (κ2) is 7.06. The number of nitrogens with one attached hydrogen (secondary N) is 1. The van der Waals surface area contributed by atoms with Gasteiger partial charge in [0.15, 0.2) is 0 Å². The van der Waals surface area contributed by atoms with E-state index < -0.39 is 5.60 Å². The van der Waals surface area contributed by atoms with Crippen molar-refractivity contribution in [1.82, 2.24) is 29.3 Å². The number of likely N-dealkylation sites (tertiary alicyclic amines) is 1. The van der Waals surface area contributed by atoms with E-state index in [1.54, 1.807) is 27.8 Å². The minimum absolute atomic E-state index is 0.113. The lowest BCUT2D eigenvalue weighted by Crippen LogP contribution is -2.42. The van der Waals surface area contributed by atoms with E-state index in [1.807, 2.05) is 38.4 Å². The first kappa shape index (κ1) is 19.2. The molecule has 0 aliphatic carbocycles. The number of ether oxygens (including phenoxy) is 1. The van der Waals surface area contributed by atoms with Gasteiger partial charge in [-0.25, -0.2) is 9.48 Å². The Hall–Kier alpha value is -3.10. The van der Waals surface area contributed by atoms with Crippen LogP contribution in [-0.2, 0) is 4.74 Å². The van der Waals surface area contributed by atoms with E-state index in [0.717, 1.165) is 24.1 Å². The number of pyridine rings is 1. The van der Waals surface area contributed by atoms with Crippen molar-refractivity contribution in [2.45, 2.75) is 52.2 Å². The van der Waals surface area contributed by atoms with Gasteiger partial charge in [0.1, 0.15) is 16.9 Å². The molecule has 1 fully saturated rings. The number of H-pyrrole nitrogens is 1. The van der Waals surface area contributed by atoms with E-state index in [9.17, 15) is 9.59 Å². The number of hydrogen-bond acceptors (Lipinski definition) is 5. The molecule has 9 nitrogen and oxygen atoms in total. The van der Waals surface area contributed by atoms with Crippen LogP contribution in [0.1, 0.15) is 45.3 Å². The van der Waals surface area contributed by atoms with Crippen molar-refractivity contribution >= 4 is 11.7 Å². The Morgan fingerprint density at radius 3 is 2.66 bits per heavy atom. The van der Waals surface area contributed by atoms with Crippen molar-refractivity contribution in [3.8, 4) is 11.3 Å². The molecule has 0 bridgehead atoms. The molecule has 9 heteroatoms. The number of amides is 1. The number of hydrogen-bond donors (Lipinski definition) is 1. The molecule has 1 aliphatic heterocycles. The van der Waals surface area contributed by atoms with Crippen LogP contribution in [0.4, 0.5) is 4.79 Å². The number of fused-ring (bicyclic) bond motifs is 1. The Morgan fingerprint density at radius 1 is 1.24 bits per heavy atom. The second-order valence-corrected chi connectivity index (χ2v) is 8.46. The lowest BCUT2D eigenvalue weighted by atomic mass is 10.0. The van der Waals surface area contributed by atoms with E-state index in [-0.39, 0.29) is 17.7 Å². The fourth-order valence-corrected chi connectivity index (χ4v) is 3.75.